The van der Waals surface area contributed by atoms with Crippen molar-refractivity contribution in [2.24, 2.45) is 0 Å². The lowest BCUT2D eigenvalue weighted by Gasteiger charge is -2.29. The topological polar surface area (TPSA) is 101 Å². The minimum atomic E-state index is -0.512. The third-order valence-corrected chi connectivity index (χ3v) is 8.49. The number of rotatable bonds is 7. The van der Waals surface area contributed by atoms with Gasteiger partial charge < -0.3 is 20.3 Å². The third-order valence-electron chi connectivity index (χ3n) is 8.49. The van der Waals surface area contributed by atoms with E-state index in [2.05, 4.69) is 32.7 Å². The Kier molecular flexibility index (Phi) is 8.68. The van der Waals surface area contributed by atoms with Gasteiger partial charge in [0.25, 0.3) is 11.8 Å². The number of ether oxygens (including phenoxy) is 1. The number of nitrogens with zero attached hydrogens (tertiary/aromatic N) is 2. The average molecular weight is 589 g/mol. The molecule has 0 radical (unpaired) electrons. The van der Waals surface area contributed by atoms with Crippen molar-refractivity contribution in [2.75, 3.05) is 30.4 Å². The number of aromatic nitrogens is 1. The number of benzene rings is 3. The first-order chi connectivity index (χ1) is 21.5. The van der Waals surface area contributed by atoms with Crippen LogP contribution in [0.4, 0.5) is 11.4 Å². The van der Waals surface area contributed by atoms with E-state index in [1.165, 1.54) is 30.7 Å². The van der Waals surface area contributed by atoms with Crippen molar-refractivity contribution in [3.8, 4) is 11.3 Å². The molecule has 8 heteroatoms. The molecule has 1 saturated heterocycles. The monoisotopic (exact) mass is 588 g/mol. The van der Waals surface area contributed by atoms with E-state index in [0.717, 1.165) is 50.9 Å². The van der Waals surface area contributed by atoms with Crippen LogP contribution in [0.1, 0.15) is 80.3 Å². The van der Waals surface area contributed by atoms with Gasteiger partial charge in [0, 0.05) is 41.7 Å². The highest BCUT2D eigenvalue weighted by atomic mass is 16.5. The molecule has 1 aromatic heterocycles. The van der Waals surface area contributed by atoms with E-state index in [-0.39, 0.29) is 17.9 Å². The SMILES string of the molecule is COC(=O)c1cccc(C(=O)Nc2ccc(N3CCCCC3)cc2-c2cc(C(=O)N[C@H]3CCCc4ccccc43)ccn2)c1. The van der Waals surface area contributed by atoms with Crippen LogP contribution < -0.4 is 15.5 Å². The number of esters is 1. The lowest BCUT2D eigenvalue weighted by Crippen LogP contribution is -2.31. The lowest BCUT2D eigenvalue weighted by molar-refractivity contribution is 0.0600. The Labute approximate surface area is 257 Å². The summed E-state index contributed by atoms with van der Waals surface area (Å²) in [6.07, 6.45) is 8.05. The van der Waals surface area contributed by atoms with Crippen molar-refractivity contribution in [1.29, 1.82) is 0 Å². The highest BCUT2D eigenvalue weighted by Crippen LogP contribution is 2.34. The standard InChI is InChI=1S/C36H36N4O4/c1-44-36(43)27-12-7-11-25(21-27)34(41)39-32-16-15-28(40-19-5-2-6-20-40)23-30(32)33-22-26(17-18-37-33)35(42)38-31-14-8-10-24-9-3-4-13-29(24)31/h3-4,7,9,11-13,15-18,21-23,31H,2,5-6,8,10,14,19-20H2,1H3,(H,38,42)(H,39,41)/t31-/m0/s1. The number of hydrogen-bond acceptors (Lipinski definition) is 6. The number of amides is 2. The van der Waals surface area contributed by atoms with Crippen LogP contribution in [0, 0.1) is 0 Å². The van der Waals surface area contributed by atoms with Gasteiger partial charge in [-0.15, -0.1) is 0 Å². The summed E-state index contributed by atoms with van der Waals surface area (Å²) in [4.78, 5) is 45.9. The van der Waals surface area contributed by atoms with Crippen LogP contribution in [0.15, 0.2) is 85.1 Å². The number of nitrogens with one attached hydrogen (secondary N) is 2. The Bertz CT molecular complexity index is 1700. The molecule has 224 valence electrons. The zero-order valence-electron chi connectivity index (χ0n) is 24.8. The van der Waals surface area contributed by atoms with Crippen molar-refractivity contribution in [2.45, 2.75) is 44.6 Å². The second-order valence-electron chi connectivity index (χ2n) is 11.4. The molecule has 2 amide bonds. The molecule has 1 atom stereocenters. The number of piperidine rings is 1. The summed E-state index contributed by atoms with van der Waals surface area (Å²) in [5.41, 5.74) is 6.48. The van der Waals surface area contributed by atoms with Crippen LogP contribution in [0.3, 0.4) is 0 Å². The van der Waals surface area contributed by atoms with Gasteiger partial charge >= 0.3 is 5.97 Å². The van der Waals surface area contributed by atoms with E-state index in [0.29, 0.717) is 33.6 Å². The van der Waals surface area contributed by atoms with Crippen LogP contribution >= 0.6 is 0 Å². The number of methoxy groups -OCH3 is 1. The van der Waals surface area contributed by atoms with E-state index in [9.17, 15) is 14.4 Å². The van der Waals surface area contributed by atoms with Crippen molar-refractivity contribution in [3.63, 3.8) is 0 Å². The van der Waals surface area contributed by atoms with Crippen molar-refractivity contribution in [1.82, 2.24) is 10.3 Å². The molecule has 44 heavy (non-hydrogen) atoms. The van der Waals surface area contributed by atoms with Gasteiger partial charge in [0.05, 0.1) is 30.1 Å². The fourth-order valence-corrected chi connectivity index (χ4v) is 6.17. The van der Waals surface area contributed by atoms with Crippen molar-refractivity contribution < 1.29 is 19.1 Å². The Morgan fingerprint density at radius 2 is 1.61 bits per heavy atom. The minimum absolute atomic E-state index is 0.0397. The van der Waals surface area contributed by atoms with Gasteiger partial charge in [-0.05, 0) is 98.2 Å². The van der Waals surface area contributed by atoms with Gasteiger partial charge in [-0.2, -0.15) is 0 Å². The smallest absolute Gasteiger partial charge is 0.337 e. The highest BCUT2D eigenvalue weighted by molar-refractivity contribution is 6.07. The number of pyridine rings is 1. The Morgan fingerprint density at radius 1 is 0.818 bits per heavy atom. The molecule has 2 N–H and O–H groups in total. The molecular formula is C36H36N4O4. The summed E-state index contributed by atoms with van der Waals surface area (Å²) in [6, 6.07) is 24.1. The van der Waals surface area contributed by atoms with Gasteiger partial charge in [-0.1, -0.05) is 30.3 Å². The Morgan fingerprint density at radius 3 is 2.45 bits per heavy atom. The summed E-state index contributed by atoms with van der Waals surface area (Å²) in [6.45, 7) is 1.93. The number of carbonyl (C=O) groups excluding carboxylic acids is 3. The normalized spacial score (nSPS) is 16.0. The predicted molar refractivity (Wildman–Crippen MR) is 171 cm³/mol. The summed E-state index contributed by atoms with van der Waals surface area (Å²) >= 11 is 0. The van der Waals surface area contributed by atoms with Crippen LogP contribution in [0.5, 0.6) is 0 Å². The quantitative estimate of drug-likeness (QED) is 0.237. The Hall–Kier alpha value is -4.98. The molecule has 2 aliphatic rings. The molecule has 0 unspecified atom stereocenters. The summed E-state index contributed by atoms with van der Waals surface area (Å²) < 4.78 is 4.82. The molecule has 1 fully saturated rings. The maximum Gasteiger partial charge on any atom is 0.337 e. The van der Waals surface area contributed by atoms with E-state index in [4.69, 9.17) is 4.74 Å². The van der Waals surface area contributed by atoms with E-state index in [1.807, 2.05) is 30.3 Å². The third kappa shape index (κ3) is 6.34. The second kappa shape index (κ2) is 13.1. The highest BCUT2D eigenvalue weighted by Gasteiger charge is 2.23. The van der Waals surface area contributed by atoms with Crippen molar-refractivity contribution >= 4 is 29.2 Å². The first-order valence-corrected chi connectivity index (χ1v) is 15.2. The van der Waals surface area contributed by atoms with Gasteiger partial charge in [-0.25, -0.2) is 4.79 Å². The number of anilines is 2. The van der Waals surface area contributed by atoms with Crippen molar-refractivity contribution in [3.05, 3.63) is 113 Å². The first kappa shape index (κ1) is 29.1. The van der Waals surface area contributed by atoms with E-state index < -0.39 is 5.97 Å². The van der Waals surface area contributed by atoms with Gasteiger partial charge in [0.1, 0.15) is 0 Å². The average Bonchev–Trinajstić information content (AvgIpc) is 3.08. The maximum absolute atomic E-state index is 13.5. The first-order valence-electron chi connectivity index (χ1n) is 15.2. The van der Waals surface area contributed by atoms with Crippen LogP contribution in [0.2, 0.25) is 0 Å². The number of aryl methyl sites for hydroxylation is 1. The van der Waals surface area contributed by atoms with Crippen LogP contribution in [-0.4, -0.2) is 43.0 Å². The second-order valence-corrected chi connectivity index (χ2v) is 11.4. The van der Waals surface area contributed by atoms with E-state index >= 15 is 0 Å². The minimum Gasteiger partial charge on any atom is -0.465 e. The fourth-order valence-electron chi connectivity index (χ4n) is 6.17. The molecule has 0 bridgehead atoms. The number of hydrogen-bond donors (Lipinski definition) is 2. The number of carbonyl (C=O) groups is 3. The van der Waals surface area contributed by atoms with E-state index in [1.54, 1.807) is 36.5 Å². The summed E-state index contributed by atoms with van der Waals surface area (Å²) in [7, 11) is 1.31. The zero-order chi connectivity index (χ0) is 30.5. The molecule has 1 aliphatic heterocycles. The molecular weight excluding hydrogens is 552 g/mol. The maximum atomic E-state index is 13.5. The summed E-state index contributed by atoms with van der Waals surface area (Å²) in [5, 5.41) is 6.25. The largest absolute Gasteiger partial charge is 0.465 e. The molecule has 6 rings (SSSR count). The van der Waals surface area contributed by atoms with Gasteiger partial charge in [-0.3, -0.25) is 14.6 Å². The molecule has 8 nitrogen and oxygen atoms in total. The molecule has 0 spiro atoms. The van der Waals surface area contributed by atoms with Gasteiger partial charge in [0.2, 0.25) is 0 Å². The molecule has 0 saturated carbocycles. The zero-order valence-corrected chi connectivity index (χ0v) is 24.8. The molecule has 3 aromatic carbocycles. The lowest BCUT2D eigenvalue weighted by atomic mass is 9.87. The van der Waals surface area contributed by atoms with Crippen LogP contribution in [0.25, 0.3) is 11.3 Å². The number of fused-ring (bicyclic) bond motifs is 1. The fraction of sp³-hybridized carbons (Fsp3) is 0.278. The molecule has 4 aromatic rings. The summed E-state index contributed by atoms with van der Waals surface area (Å²) in [5.74, 6) is -1.04. The van der Waals surface area contributed by atoms with Gasteiger partial charge in [0.15, 0.2) is 0 Å². The molecule has 2 heterocycles. The van der Waals surface area contributed by atoms with Crippen LogP contribution in [-0.2, 0) is 11.2 Å². The predicted octanol–water partition coefficient (Wildman–Crippen LogP) is 6.59. The Balaban J connectivity index is 1.31. The molecule has 1 aliphatic carbocycles.